The van der Waals surface area contributed by atoms with Crippen molar-refractivity contribution in [2.75, 3.05) is 6.61 Å². The lowest BCUT2D eigenvalue weighted by Gasteiger charge is -2.27. The molecule has 108 valence electrons. The van der Waals surface area contributed by atoms with Crippen LogP contribution in [0.3, 0.4) is 0 Å². The van der Waals surface area contributed by atoms with E-state index in [4.69, 9.17) is 23.7 Å². The third-order valence-corrected chi connectivity index (χ3v) is 4.10. The van der Waals surface area contributed by atoms with Gasteiger partial charge in [0.25, 0.3) is 0 Å². The molecular formula is C13H20O6. The van der Waals surface area contributed by atoms with Crippen molar-refractivity contribution in [1.82, 2.24) is 0 Å². The molecule has 0 saturated carbocycles. The minimum atomic E-state index is -0.662. The Bertz CT molecular complexity index is 366. The average Bonchev–Trinajstić information content (AvgIpc) is 3.01. The maximum absolute atomic E-state index is 11.7. The number of rotatable bonds is 4. The van der Waals surface area contributed by atoms with Gasteiger partial charge in [0.2, 0.25) is 0 Å². The second-order valence-corrected chi connectivity index (χ2v) is 5.06. The van der Waals surface area contributed by atoms with E-state index in [-0.39, 0.29) is 12.1 Å². The van der Waals surface area contributed by atoms with Gasteiger partial charge in [-0.1, -0.05) is 13.8 Å². The molecule has 3 aliphatic rings. The molecule has 0 aliphatic carbocycles. The zero-order valence-corrected chi connectivity index (χ0v) is 11.5. The summed E-state index contributed by atoms with van der Waals surface area (Å²) < 4.78 is 28.4. The van der Waals surface area contributed by atoms with Crippen molar-refractivity contribution in [1.29, 1.82) is 0 Å². The smallest absolute Gasteiger partial charge is 0.338 e. The number of hydrogen-bond donors (Lipinski definition) is 0. The molecule has 3 saturated heterocycles. The Labute approximate surface area is 112 Å². The van der Waals surface area contributed by atoms with Gasteiger partial charge in [0.15, 0.2) is 30.4 Å². The highest BCUT2D eigenvalue weighted by molar-refractivity contribution is 5.78. The van der Waals surface area contributed by atoms with E-state index in [0.29, 0.717) is 6.61 Å². The molecule has 0 spiro atoms. The summed E-state index contributed by atoms with van der Waals surface area (Å²) in [5, 5.41) is 0. The molecule has 6 heteroatoms. The largest absolute Gasteiger partial charge is 0.454 e. The molecule has 3 rings (SSSR count). The zero-order valence-electron chi connectivity index (χ0n) is 11.5. The molecular weight excluding hydrogens is 252 g/mol. The molecule has 3 heterocycles. The van der Waals surface area contributed by atoms with Gasteiger partial charge in [0, 0.05) is 6.61 Å². The summed E-state index contributed by atoms with van der Waals surface area (Å²) in [6, 6.07) is 0. The number of fused-ring (bicyclic) bond motifs is 3. The van der Waals surface area contributed by atoms with Gasteiger partial charge in [-0.2, -0.15) is 0 Å². The standard InChI is InChI=1S/C13H20O6/c1-4-13(5-2)18-10-8-7(17-12(10)19-13)9(15-6-3)11(14)16-8/h7-10,12H,4-6H2,1-3H3/t7-,8-,9-,10+,12+/m1/s1. The van der Waals surface area contributed by atoms with E-state index in [1.807, 2.05) is 20.8 Å². The van der Waals surface area contributed by atoms with Gasteiger partial charge in [-0.15, -0.1) is 0 Å². The monoisotopic (exact) mass is 272 g/mol. The quantitative estimate of drug-likeness (QED) is 0.711. The lowest BCUT2D eigenvalue weighted by molar-refractivity contribution is -0.236. The number of hydrogen-bond acceptors (Lipinski definition) is 6. The Morgan fingerprint density at radius 1 is 1.11 bits per heavy atom. The van der Waals surface area contributed by atoms with Crippen molar-refractivity contribution in [3.63, 3.8) is 0 Å². The summed E-state index contributed by atoms with van der Waals surface area (Å²) in [7, 11) is 0. The summed E-state index contributed by atoms with van der Waals surface area (Å²) in [6.45, 7) is 6.29. The first-order valence-corrected chi connectivity index (χ1v) is 6.97. The predicted molar refractivity (Wildman–Crippen MR) is 63.2 cm³/mol. The molecule has 3 fully saturated rings. The number of carbonyl (C=O) groups is 1. The summed E-state index contributed by atoms with van der Waals surface area (Å²) in [6.07, 6.45) is -0.848. The maximum Gasteiger partial charge on any atom is 0.338 e. The van der Waals surface area contributed by atoms with Crippen LogP contribution >= 0.6 is 0 Å². The van der Waals surface area contributed by atoms with Crippen LogP contribution in [-0.4, -0.2) is 49.1 Å². The van der Waals surface area contributed by atoms with E-state index < -0.39 is 30.4 Å². The molecule has 3 aliphatic heterocycles. The second-order valence-electron chi connectivity index (χ2n) is 5.06. The lowest BCUT2D eigenvalue weighted by Crippen LogP contribution is -2.38. The molecule has 6 nitrogen and oxygen atoms in total. The van der Waals surface area contributed by atoms with Crippen LogP contribution in [0.2, 0.25) is 0 Å². The molecule has 0 aromatic carbocycles. The van der Waals surface area contributed by atoms with Crippen LogP contribution < -0.4 is 0 Å². The highest BCUT2D eigenvalue weighted by atomic mass is 16.9. The molecule has 0 N–H and O–H groups in total. The Morgan fingerprint density at radius 2 is 1.84 bits per heavy atom. The molecule has 0 amide bonds. The fourth-order valence-electron chi connectivity index (χ4n) is 3.00. The minimum absolute atomic E-state index is 0.348. The van der Waals surface area contributed by atoms with Crippen LogP contribution in [0.5, 0.6) is 0 Å². The molecule has 5 atom stereocenters. The Hall–Kier alpha value is -0.690. The van der Waals surface area contributed by atoms with Gasteiger partial charge in [-0.05, 0) is 19.8 Å². The fourth-order valence-corrected chi connectivity index (χ4v) is 3.00. The van der Waals surface area contributed by atoms with E-state index in [1.54, 1.807) is 0 Å². The van der Waals surface area contributed by atoms with E-state index in [2.05, 4.69) is 0 Å². The zero-order chi connectivity index (χ0) is 13.6. The molecule has 0 radical (unpaired) electrons. The first-order chi connectivity index (χ1) is 9.14. The molecule has 0 unspecified atom stereocenters. The van der Waals surface area contributed by atoms with E-state index >= 15 is 0 Å². The van der Waals surface area contributed by atoms with Crippen LogP contribution in [-0.2, 0) is 28.5 Å². The molecule has 19 heavy (non-hydrogen) atoms. The predicted octanol–water partition coefficient (Wildman–Crippen LogP) is 0.973. The van der Waals surface area contributed by atoms with Gasteiger partial charge in [0.05, 0.1) is 0 Å². The van der Waals surface area contributed by atoms with Gasteiger partial charge in [0.1, 0.15) is 6.10 Å². The summed E-state index contributed by atoms with van der Waals surface area (Å²) >= 11 is 0. The summed E-state index contributed by atoms with van der Waals surface area (Å²) in [5.41, 5.74) is 0. The number of ether oxygens (including phenoxy) is 5. The Kier molecular flexibility index (Phi) is 3.29. The van der Waals surface area contributed by atoms with Gasteiger partial charge in [-0.3, -0.25) is 0 Å². The first-order valence-electron chi connectivity index (χ1n) is 6.97. The van der Waals surface area contributed by atoms with Crippen molar-refractivity contribution in [2.45, 2.75) is 70.1 Å². The van der Waals surface area contributed by atoms with E-state index in [0.717, 1.165) is 12.8 Å². The van der Waals surface area contributed by atoms with Crippen molar-refractivity contribution in [3.05, 3.63) is 0 Å². The van der Waals surface area contributed by atoms with Crippen molar-refractivity contribution < 1.29 is 28.5 Å². The minimum Gasteiger partial charge on any atom is -0.454 e. The molecule has 0 aromatic heterocycles. The maximum atomic E-state index is 11.7. The second kappa shape index (κ2) is 4.70. The SMILES string of the molecule is CCO[C@H]1C(=O)O[C@H]2[C@@H]3OC(CC)(CC)O[C@@H]3O[C@H]21. The Balaban J connectivity index is 1.75. The summed E-state index contributed by atoms with van der Waals surface area (Å²) in [4.78, 5) is 11.7. The van der Waals surface area contributed by atoms with Gasteiger partial charge >= 0.3 is 5.97 Å². The van der Waals surface area contributed by atoms with Crippen molar-refractivity contribution in [3.8, 4) is 0 Å². The first kappa shape index (κ1) is 13.3. The van der Waals surface area contributed by atoms with Crippen molar-refractivity contribution >= 4 is 5.97 Å². The van der Waals surface area contributed by atoms with Crippen LogP contribution in [0, 0.1) is 0 Å². The van der Waals surface area contributed by atoms with E-state index in [9.17, 15) is 4.79 Å². The lowest BCUT2D eigenvalue weighted by atomic mass is 10.1. The average molecular weight is 272 g/mol. The van der Waals surface area contributed by atoms with E-state index in [1.165, 1.54) is 0 Å². The van der Waals surface area contributed by atoms with Crippen molar-refractivity contribution in [2.24, 2.45) is 0 Å². The summed E-state index contributed by atoms with van der Waals surface area (Å²) in [5.74, 6) is -0.986. The van der Waals surface area contributed by atoms with Crippen LogP contribution in [0.4, 0.5) is 0 Å². The highest BCUT2D eigenvalue weighted by Crippen LogP contribution is 2.45. The molecule has 0 bridgehead atoms. The number of carbonyl (C=O) groups excluding carboxylic acids is 1. The fraction of sp³-hybridized carbons (Fsp3) is 0.923. The van der Waals surface area contributed by atoms with Crippen LogP contribution in [0.25, 0.3) is 0 Å². The third-order valence-electron chi connectivity index (χ3n) is 4.10. The normalized spacial score (nSPS) is 43.1. The number of esters is 1. The van der Waals surface area contributed by atoms with Gasteiger partial charge in [-0.25, -0.2) is 4.79 Å². The third kappa shape index (κ3) is 1.89. The van der Waals surface area contributed by atoms with Gasteiger partial charge < -0.3 is 23.7 Å². The Morgan fingerprint density at radius 3 is 2.47 bits per heavy atom. The highest BCUT2D eigenvalue weighted by Gasteiger charge is 2.64. The topological polar surface area (TPSA) is 63.2 Å². The molecule has 0 aromatic rings. The van der Waals surface area contributed by atoms with Crippen LogP contribution in [0.15, 0.2) is 0 Å². The van der Waals surface area contributed by atoms with Crippen LogP contribution in [0.1, 0.15) is 33.6 Å².